The lowest BCUT2D eigenvalue weighted by Crippen LogP contribution is -2.03. The van der Waals surface area contributed by atoms with E-state index in [2.05, 4.69) is 28.2 Å². The van der Waals surface area contributed by atoms with E-state index in [-0.39, 0.29) is 0 Å². The maximum atomic E-state index is 5.39. The second-order valence-corrected chi connectivity index (χ2v) is 7.01. The average molecular weight is 329 g/mol. The minimum absolute atomic E-state index is 0.597. The second kappa shape index (κ2) is 7.59. The lowest BCUT2D eigenvalue weighted by Gasteiger charge is -2.18. The van der Waals surface area contributed by atoms with Gasteiger partial charge in [-0.1, -0.05) is 55.4 Å². The van der Waals surface area contributed by atoms with Crippen molar-refractivity contribution in [3.05, 3.63) is 47.1 Å². The third kappa shape index (κ3) is 4.10. The van der Waals surface area contributed by atoms with E-state index in [1.807, 2.05) is 18.2 Å². The van der Waals surface area contributed by atoms with Crippen LogP contribution < -0.4 is 10.1 Å². The summed E-state index contributed by atoms with van der Waals surface area (Å²) in [4.78, 5) is 0. The molecule has 1 aliphatic rings. The molecule has 122 valence electrons. The number of anilines is 1. The molecule has 0 aliphatic heterocycles. The lowest BCUT2D eigenvalue weighted by atomic mass is 9.90. The Hall–Kier alpha value is -1.88. The number of aromatic nitrogens is 2. The van der Waals surface area contributed by atoms with Gasteiger partial charge in [0.25, 0.3) is 0 Å². The van der Waals surface area contributed by atoms with Gasteiger partial charge in [0.05, 0.1) is 7.11 Å². The summed E-state index contributed by atoms with van der Waals surface area (Å²) < 4.78 is 5.39. The van der Waals surface area contributed by atoms with Gasteiger partial charge in [-0.05, 0) is 24.5 Å². The molecule has 2 aromatic rings. The Morgan fingerprint density at radius 3 is 2.83 bits per heavy atom. The molecule has 1 saturated carbocycles. The zero-order valence-corrected chi connectivity index (χ0v) is 14.4. The predicted octanol–water partition coefficient (Wildman–Crippen LogP) is 4.76. The largest absolute Gasteiger partial charge is 0.496 e. The van der Waals surface area contributed by atoms with Gasteiger partial charge in [-0.3, -0.25) is 0 Å². The number of nitrogens with zero attached hydrogens (tertiary/aromatic N) is 2. The number of para-hydroxylation sites is 1. The van der Waals surface area contributed by atoms with Crippen LogP contribution in [0.1, 0.15) is 48.6 Å². The Balaban J connectivity index is 1.60. The molecule has 4 nitrogen and oxygen atoms in total. The second-order valence-electron chi connectivity index (χ2n) is 6.00. The molecule has 1 aliphatic carbocycles. The summed E-state index contributed by atoms with van der Waals surface area (Å²) in [5, 5.41) is 14.0. The Kier molecular flexibility index (Phi) is 5.28. The van der Waals surface area contributed by atoms with Gasteiger partial charge in [0.15, 0.2) is 0 Å². The molecular formula is C18H23N3OS. The highest BCUT2D eigenvalue weighted by molar-refractivity contribution is 7.15. The molecule has 0 amide bonds. The molecule has 3 rings (SSSR count). The van der Waals surface area contributed by atoms with Crippen molar-refractivity contribution < 1.29 is 4.74 Å². The normalized spacial score (nSPS) is 15.3. The molecule has 0 spiro atoms. The van der Waals surface area contributed by atoms with Crippen molar-refractivity contribution in [2.45, 2.75) is 44.4 Å². The van der Waals surface area contributed by atoms with Crippen LogP contribution in [-0.2, 0) is 6.42 Å². The minimum atomic E-state index is 0.597. The first-order valence-electron chi connectivity index (χ1n) is 8.16. The van der Waals surface area contributed by atoms with Gasteiger partial charge < -0.3 is 10.1 Å². The molecule has 23 heavy (non-hydrogen) atoms. The van der Waals surface area contributed by atoms with Crippen molar-refractivity contribution in [3.8, 4) is 5.75 Å². The fourth-order valence-corrected chi connectivity index (χ4v) is 4.03. The number of rotatable bonds is 6. The fraction of sp³-hybridized carbons (Fsp3) is 0.444. The van der Waals surface area contributed by atoms with Crippen LogP contribution in [0, 0.1) is 0 Å². The third-order valence-electron chi connectivity index (χ3n) is 4.28. The molecule has 1 aromatic carbocycles. The van der Waals surface area contributed by atoms with Crippen molar-refractivity contribution in [2.75, 3.05) is 12.4 Å². The Morgan fingerprint density at radius 1 is 1.26 bits per heavy atom. The summed E-state index contributed by atoms with van der Waals surface area (Å²) in [6.45, 7) is 4.11. The van der Waals surface area contributed by atoms with E-state index < -0.39 is 0 Å². The van der Waals surface area contributed by atoms with Crippen molar-refractivity contribution >= 4 is 16.5 Å². The van der Waals surface area contributed by atoms with Crippen molar-refractivity contribution in [1.29, 1.82) is 0 Å². The topological polar surface area (TPSA) is 47.0 Å². The molecule has 0 bridgehead atoms. The highest BCUT2D eigenvalue weighted by atomic mass is 32.1. The molecule has 0 unspecified atom stereocenters. The molecule has 0 radical (unpaired) electrons. The number of hydrogen-bond donors (Lipinski definition) is 1. The van der Waals surface area contributed by atoms with E-state index >= 15 is 0 Å². The van der Waals surface area contributed by atoms with Crippen LogP contribution in [-0.4, -0.2) is 17.3 Å². The SMILES string of the molecule is C=C(Cc1ccccc1OC)Nc1nnc(C2CCCCC2)s1. The zero-order chi connectivity index (χ0) is 16.1. The Morgan fingerprint density at radius 2 is 2.04 bits per heavy atom. The molecule has 5 heteroatoms. The van der Waals surface area contributed by atoms with E-state index in [1.54, 1.807) is 18.4 Å². The van der Waals surface area contributed by atoms with Crippen LogP contribution in [0.4, 0.5) is 5.13 Å². The van der Waals surface area contributed by atoms with E-state index in [4.69, 9.17) is 4.74 Å². The van der Waals surface area contributed by atoms with E-state index in [9.17, 15) is 0 Å². The summed E-state index contributed by atoms with van der Waals surface area (Å²) in [6.07, 6.45) is 7.19. The predicted molar refractivity (Wildman–Crippen MR) is 95.2 cm³/mol. The first kappa shape index (κ1) is 16.0. The van der Waals surface area contributed by atoms with E-state index in [0.717, 1.165) is 27.1 Å². The highest BCUT2D eigenvalue weighted by Gasteiger charge is 2.19. The number of benzene rings is 1. The quantitative estimate of drug-likeness (QED) is 0.830. The molecule has 1 N–H and O–H groups in total. The maximum Gasteiger partial charge on any atom is 0.209 e. The molecule has 1 aromatic heterocycles. The number of nitrogens with one attached hydrogen (secondary N) is 1. The number of ether oxygens (including phenoxy) is 1. The van der Waals surface area contributed by atoms with Crippen molar-refractivity contribution in [1.82, 2.24) is 10.2 Å². The number of methoxy groups -OCH3 is 1. The average Bonchev–Trinajstić information content (AvgIpc) is 3.04. The van der Waals surface area contributed by atoms with Gasteiger partial charge in [0.2, 0.25) is 5.13 Å². The monoisotopic (exact) mass is 329 g/mol. The van der Waals surface area contributed by atoms with Crippen LogP contribution >= 0.6 is 11.3 Å². The molecular weight excluding hydrogens is 306 g/mol. The van der Waals surface area contributed by atoms with Crippen LogP contribution in [0.25, 0.3) is 0 Å². The number of allylic oxidation sites excluding steroid dienone is 1. The standard InChI is InChI=1S/C18H23N3OS/c1-13(12-15-10-6-7-11-16(15)22-2)19-18-21-20-17(23-18)14-8-4-3-5-9-14/h6-7,10-11,14H,1,3-5,8-9,12H2,2H3,(H,19,21). The van der Waals surface area contributed by atoms with Gasteiger partial charge >= 0.3 is 0 Å². The summed E-state index contributed by atoms with van der Waals surface area (Å²) in [5.41, 5.74) is 2.02. The fourth-order valence-electron chi connectivity index (χ4n) is 3.07. The highest BCUT2D eigenvalue weighted by Crippen LogP contribution is 2.35. The first-order chi connectivity index (χ1) is 11.3. The zero-order valence-electron chi connectivity index (χ0n) is 13.5. The summed E-state index contributed by atoms with van der Waals surface area (Å²) in [7, 11) is 1.69. The van der Waals surface area contributed by atoms with Crippen LogP contribution in [0.2, 0.25) is 0 Å². The van der Waals surface area contributed by atoms with Gasteiger partial charge in [0.1, 0.15) is 10.8 Å². The maximum absolute atomic E-state index is 5.39. The molecule has 1 fully saturated rings. The van der Waals surface area contributed by atoms with Crippen molar-refractivity contribution in [3.63, 3.8) is 0 Å². The Labute approximate surface area is 141 Å². The minimum Gasteiger partial charge on any atom is -0.496 e. The Bertz CT molecular complexity index is 662. The van der Waals surface area contributed by atoms with Crippen molar-refractivity contribution in [2.24, 2.45) is 0 Å². The molecule has 1 heterocycles. The smallest absolute Gasteiger partial charge is 0.209 e. The summed E-state index contributed by atoms with van der Waals surface area (Å²) in [5.74, 6) is 1.48. The van der Waals surface area contributed by atoms with Crippen LogP contribution in [0.3, 0.4) is 0 Å². The van der Waals surface area contributed by atoms with Gasteiger partial charge in [-0.25, -0.2) is 0 Å². The first-order valence-corrected chi connectivity index (χ1v) is 8.98. The summed E-state index contributed by atoms with van der Waals surface area (Å²) >= 11 is 1.66. The van der Waals surface area contributed by atoms with E-state index in [1.165, 1.54) is 32.1 Å². The van der Waals surface area contributed by atoms with Crippen LogP contribution in [0.15, 0.2) is 36.5 Å². The number of hydrogen-bond acceptors (Lipinski definition) is 5. The third-order valence-corrected chi connectivity index (χ3v) is 5.28. The summed E-state index contributed by atoms with van der Waals surface area (Å²) in [6, 6.07) is 8.00. The molecule has 0 saturated heterocycles. The van der Waals surface area contributed by atoms with Gasteiger partial charge in [-0.2, -0.15) is 0 Å². The van der Waals surface area contributed by atoms with Gasteiger partial charge in [-0.15, -0.1) is 10.2 Å². The lowest BCUT2D eigenvalue weighted by molar-refractivity contribution is 0.410. The van der Waals surface area contributed by atoms with E-state index in [0.29, 0.717) is 12.3 Å². The van der Waals surface area contributed by atoms with Gasteiger partial charge in [0, 0.05) is 18.0 Å². The molecule has 0 atom stereocenters. The van der Waals surface area contributed by atoms with Crippen LogP contribution in [0.5, 0.6) is 5.75 Å².